The van der Waals surface area contributed by atoms with E-state index >= 15 is 0 Å². The van der Waals surface area contributed by atoms with Gasteiger partial charge in [0.05, 0.1) is 34.4 Å². The molecule has 0 aliphatic carbocycles. The number of nitrogens with zero attached hydrogens (tertiary/aromatic N) is 3. The van der Waals surface area contributed by atoms with Crippen molar-refractivity contribution in [3.05, 3.63) is 90.3 Å². The lowest BCUT2D eigenvalue weighted by atomic mass is 10.2. The number of nitrogens with one attached hydrogen (secondary N) is 2. The number of aromatic amines is 1. The molecule has 2 aromatic heterocycles. The van der Waals surface area contributed by atoms with E-state index in [0.29, 0.717) is 12.3 Å². The number of aryl methyl sites for hydroxylation is 2. The van der Waals surface area contributed by atoms with Crippen LogP contribution in [0.4, 0.5) is 0 Å². The molecular formula is C26H27N5OS. The van der Waals surface area contributed by atoms with Gasteiger partial charge in [-0.25, -0.2) is 9.97 Å². The van der Waals surface area contributed by atoms with Gasteiger partial charge in [-0.2, -0.15) is 0 Å². The molecule has 33 heavy (non-hydrogen) atoms. The van der Waals surface area contributed by atoms with Crippen LogP contribution >= 0.6 is 11.8 Å². The maximum Gasteiger partial charge on any atom is 0.230 e. The molecular weight excluding hydrogens is 430 g/mol. The molecule has 0 spiro atoms. The van der Waals surface area contributed by atoms with Gasteiger partial charge in [0.2, 0.25) is 5.91 Å². The maximum absolute atomic E-state index is 12.2. The zero-order chi connectivity index (χ0) is 23.0. The Kier molecular flexibility index (Phi) is 7.42. The van der Waals surface area contributed by atoms with Crippen molar-refractivity contribution in [1.29, 1.82) is 0 Å². The first-order valence-electron chi connectivity index (χ1n) is 10.9. The average Bonchev–Trinajstić information content (AvgIpc) is 3.42. The molecule has 3 aromatic carbocycles. The van der Waals surface area contributed by atoms with Crippen molar-refractivity contribution in [3.63, 3.8) is 0 Å². The topological polar surface area (TPSA) is 75.6 Å². The first kappa shape index (κ1) is 22.6. The summed E-state index contributed by atoms with van der Waals surface area (Å²) in [5.74, 6) is 1.04. The molecule has 0 aliphatic rings. The van der Waals surface area contributed by atoms with E-state index in [9.17, 15) is 4.79 Å². The summed E-state index contributed by atoms with van der Waals surface area (Å²) in [6, 6.07) is 26.1. The van der Waals surface area contributed by atoms with E-state index in [1.807, 2.05) is 60.7 Å². The number of carbonyl (C=O) groups excluding carboxylic acids is 1. The molecule has 2 heterocycles. The lowest BCUT2D eigenvalue weighted by molar-refractivity contribution is -0.118. The lowest BCUT2D eigenvalue weighted by Crippen LogP contribution is -2.25. The van der Waals surface area contributed by atoms with Gasteiger partial charge in [0.25, 0.3) is 0 Å². The second-order valence-electron chi connectivity index (χ2n) is 7.55. The predicted molar refractivity (Wildman–Crippen MR) is 135 cm³/mol. The highest BCUT2D eigenvalue weighted by molar-refractivity contribution is 7.99. The summed E-state index contributed by atoms with van der Waals surface area (Å²) in [4.78, 5) is 24.5. The van der Waals surface area contributed by atoms with E-state index < -0.39 is 0 Å². The van der Waals surface area contributed by atoms with Gasteiger partial charge in [0.1, 0.15) is 5.82 Å². The Morgan fingerprint density at radius 2 is 1.64 bits per heavy atom. The zero-order valence-electron chi connectivity index (χ0n) is 18.8. The SMILES string of the molecule is CCn1c(SCC(=O)NCc2nc3ccccc3[nH]2)nc2ccccc21.Cc1ccccc1. The molecule has 0 atom stereocenters. The van der Waals surface area contributed by atoms with Crippen molar-refractivity contribution in [3.8, 4) is 0 Å². The third-order valence-electron chi connectivity index (χ3n) is 5.10. The number of hydrogen-bond donors (Lipinski definition) is 2. The molecule has 5 aromatic rings. The molecule has 0 saturated carbocycles. The first-order chi connectivity index (χ1) is 16.1. The van der Waals surface area contributed by atoms with Crippen molar-refractivity contribution in [1.82, 2.24) is 24.8 Å². The van der Waals surface area contributed by atoms with Crippen LogP contribution < -0.4 is 5.32 Å². The Morgan fingerprint density at radius 1 is 0.939 bits per heavy atom. The highest BCUT2D eigenvalue weighted by Crippen LogP contribution is 2.23. The Balaban J connectivity index is 0.000000318. The van der Waals surface area contributed by atoms with Gasteiger partial charge in [-0.15, -0.1) is 0 Å². The minimum atomic E-state index is -0.0369. The summed E-state index contributed by atoms with van der Waals surface area (Å²) in [5.41, 5.74) is 5.26. The third kappa shape index (κ3) is 5.81. The molecule has 0 fully saturated rings. The molecule has 0 aliphatic heterocycles. The Bertz CT molecular complexity index is 1310. The lowest BCUT2D eigenvalue weighted by Gasteiger charge is -2.06. The van der Waals surface area contributed by atoms with Crippen molar-refractivity contribution in [2.24, 2.45) is 0 Å². The van der Waals surface area contributed by atoms with Gasteiger partial charge >= 0.3 is 0 Å². The number of carbonyl (C=O) groups is 1. The van der Waals surface area contributed by atoms with Crippen molar-refractivity contribution >= 4 is 39.7 Å². The molecule has 2 N–H and O–H groups in total. The largest absolute Gasteiger partial charge is 0.348 e. The van der Waals surface area contributed by atoms with Gasteiger partial charge < -0.3 is 14.9 Å². The number of hydrogen-bond acceptors (Lipinski definition) is 4. The molecule has 6 nitrogen and oxygen atoms in total. The first-order valence-corrected chi connectivity index (χ1v) is 11.9. The molecule has 0 saturated heterocycles. The van der Waals surface area contributed by atoms with E-state index in [1.54, 1.807) is 0 Å². The zero-order valence-corrected chi connectivity index (χ0v) is 19.6. The summed E-state index contributed by atoms with van der Waals surface area (Å²) in [5, 5.41) is 3.78. The summed E-state index contributed by atoms with van der Waals surface area (Å²) in [7, 11) is 0. The average molecular weight is 458 g/mol. The van der Waals surface area contributed by atoms with Gasteiger partial charge in [0.15, 0.2) is 5.16 Å². The standard InChI is InChI=1S/C19H19N5OS.C7H8/c1-2-24-16-10-6-5-9-15(16)23-19(24)26-12-18(25)20-11-17-21-13-7-3-4-8-14(13)22-17;1-7-5-3-2-4-6-7/h3-10H,2,11-12H2,1H3,(H,20,25)(H,21,22);2-6H,1H3. The van der Waals surface area contributed by atoms with Crippen molar-refractivity contribution < 1.29 is 4.79 Å². The summed E-state index contributed by atoms with van der Waals surface area (Å²) < 4.78 is 2.13. The van der Waals surface area contributed by atoms with E-state index in [-0.39, 0.29) is 5.91 Å². The van der Waals surface area contributed by atoms with Crippen LogP contribution in [0.15, 0.2) is 84.0 Å². The highest BCUT2D eigenvalue weighted by atomic mass is 32.2. The predicted octanol–water partition coefficient (Wildman–Crippen LogP) is 5.34. The molecule has 168 valence electrons. The number of benzene rings is 3. The number of rotatable bonds is 6. The van der Waals surface area contributed by atoms with E-state index in [2.05, 4.69) is 56.9 Å². The van der Waals surface area contributed by atoms with Crippen LogP contribution in [0.25, 0.3) is 22.1 Å². The normalized spacial score (nSPS) is 10.7. The maximum atomic E-state index is 12.2. The summed E-state index contributed by atoms with van der Waals surface area (Å²) in [6.07, 6.45) is 0. The monoisotopic (exact) mass is 457 g/mol. The summed E-state index contributed by atoms with van der Waals surface area (Å²) in [6.45, 7) is 5.38. The van der Waals surface area contributed by atoms with Gasteiger partial charge in [-0.3, -0.25) is 4.79 Å². The fourth-order valence-corrected chi connectivity index (χ4v) is 4.36. The second kappa shape index (κ2) is 10.8. The molecule has 5 rings (SSSR count). The Hall–Kier alpha value is -3.58. The fourth-order valence-electron chi connectivity index (χ4n) is 3.46. The number of thioether (sulfide) groups is 1. The fraction of sp³-hybridized carbons (Fsp3) is 0.192. The number of amides is 1. The number of fused-ring (bicyclic) bond motifs is 2. The van der Waals surface area contributed by atoms with Gasteiger partial charge in [-0.1, -0.05) is 71.9 Å². The Labute approximate surface area is 197 Å². The van der Waals surface area contributed by atoms with Crippen LogP contribution in [0.3, 0.4) is 0 Å². The number of aromatic nitrogens is 4. The smallest absolute Gasteiger partial charge is 0.230 e. The van der Waals surface area contributed by atoms with Crippen LogP contribution in [0.5, 0.6) is 0 Å². The minimum Gasteiger partial charge on any atom is -0.348 e. The van der Waals surface area contributed by atoms with Crippen LogP contribution in [0.2, 0.25) is 0 Å². The molecule has 0 bridgehead atoms. The minimum absolute atomic E-state index is 0.0369. The number of H-pyrrole nitrogens is 1. The van der Waals surface area contributed by atoms with Crippen molar-refractivity contribution in [2.45, 2.75) is 32.1 Å². The molecule has 0 unspecified atom stereocenters. The molecule has 1 amide bonds. The van der Waals surface area contributed by atoms with Gasteiger partial charge in [-0.05, 0) is 38.1 Å². The molecule has 7 heteroatoms. The Morgan fingerprint density at radius 3 is 2.33 bits per heavy atom. The number of para-hydroxylation sites is 4. The quantitative estimate of drug-likeness (QED) is 0.338. The summed E-state index contributed by atoms with van der Waals surface area (Å²) >= 11 is 1.45. The molecule has 0 radical (unpaired) electrons. The van der Waals surface area contributed by atoms with E-state index in [1.165, 1.54) is 17.3 Å². The van der Waals surface area contributed by atoms with Gasteiger partial charge in [0, 0.05) is 6.54 Å². The van der Waals surface area contributed by atoms with E-state index in [0.717, 1.165) is 39.6 Å². The van der Waals surface area contributed by atoms with Crippen LogP contribution in [0, 0.1) is 6.92 Å². The third-order valence-corrected chi connectivity index (χ3v) is 6.08. The van der Waals surface area contributed by atoms with Crippen LogP contribution in [-0.4, -0.2) is 31.2 Å². The highest BCUT2D eigenvalue weighted by Gasteiger charge is 2.12. The van der Waals surface area contributed by atoms with Crippen molar-refractivity contribution in [2.75, 3.05) is 5.75 Å². The van der Waals surface area contributed by atoms with E-state index in [4.69, 9.17) is 0 Å². The van der Waals surface area contributed by atoms with Crippen LogP contribution in [0.1, 0.15) is 18.3 Å². The number of imidazole rings is 2. The second-order valence-corrected chi connectivity index (χ2v) is 8.49. The van der Waals surface area contributed by atoms with Crippen LogP contribution in [-0.2, 0) is 17.9 Å².